The van der Waals surface area contributed by atoms with Gasteiger partial charge < -0.3 is 20.1 Å². The molecule has 4 rings (SSSR count). The van der Waals surface area contributed by atoms with Crippen LogP contribution in [0, 0.1) is 46.3 Å². The molecule has 0 saturated heterocycles. The molecule has 0 aliphatic heterocycles. The second-order valence-electron chi connectivity index (χ2n) is 19.3. The maximum atomic E-state index is 14.1. The summed E-state index contributed by atoms with van der Waals surface area (Å²) in [4.78, 5) is 105. The van der Waals surface area contributed by atoms with Crippen molar-refractivity contribution in [3.8, 4) is 0 Å². The van der Waals surface area contributed by atoms with E-state index in [9.17, 15) is 38.4 Å². The van der Waals surface area contributed by atoms with Crippen molar-refractivity contribution < 1.29 is 47.8 Å². The molecule has 64 heavy (non-hydrogen) atoms. The zero-order valence-corrected chi connectivity index (χ0v) is 39.5. The van der Waals surface area contributed by atoms with E-state index in [1.54, 1.807) is 13.8 Å². The fourth-order valence-electron chi connectivity index (χ4n) is 10.5. The number of ether oxygens (including phenoxy) is 2. The van der Waals surface area contributed by atoms with Crippen LogP contribution in [0.15, 0.2) is 70.9 Å². The minimum atomic E-state index is -0.950. The molecule has 2 saturated carbocycles. The maximum absolute atomic E-state index is 14.1. The second-order valence-corrected chi connectivity index (χ2v) is 19.3. The van der Waals surface area contributed by atoms with Crippen LogP contribution in [0.25, 0.3) is 0 Å². The van der Waals surface area contributed by atoms with E-state index in [2.05, 4.69) is 51.5 Å². The van der Waals surface area contributed by atoms with E-state index < -0.39 is 58.6 Å². The molecule has 0 aromatic rings. The monoisotopic (exact) mass is 885 g/mol. The number of hydrogen-bond donors (Lipinski definition) is 2. The highest BCUT2D eigenvalue weighted by Gasteiger charge is 2.54. The molecule has 0 spiro atoms. The van der Waals surface area contributed by atoms with Gasteiger partial charge in [0.2, 0.25) is 11.8 Å². The summed E-state index contributed by atoms with van der Waals surface area (Å²) in [7, 11) is 0. The Morgan fingerprint density at radius 1 is 0.688 bits per heavy atom. The minimum Gasteiger partial charge on any atom is -0.454 e. The van der Waals surface area contributed by atoms with Crippen LogP contribution in [-0.2, 0) is 47.8 Å². The lowest BCUT2D eigenvalue weighted by Gasteiger charge is -2.49. The first-order valence-corrected chi connectivity index (χ1v) is 23.4. The van der Waals surface area contributed by atoms with E-state index in [1.165, 1.54) is 12.2 Å². The number of fused-ring (bicyclic) bond motifs is 2. The second kappa shape index (κ2) is 22.8. The highest BCUT2D eigenvalue weighted by atomic mass is 16.5. The number of nitrogens with one attached hydrogen (secondary N) is 2. The van der Waals surface area contributed by atoms with Crippen molar-refractivity contribution in [2.45, 2.75) is 145 Å². The Bertz CT molecular complexity index is 1850. The average molecular weight is 885 g/mol. The highest BCUT2D eigenvalue weighted by Crippen LogP contribution is 2.55. The van der Waals surface area contributed by atoms with Crippen LogP contribution < -0.4 is 10.6 Å². The van der Waals surface area contributed by atoms with E-state index in [4.69, 9.17) is 9.47 Å². The molecular weight excluding hydrogens is 813 g/mol. The predicted octanol–water partition coefficient (Wildman–Crippen LogP) is 7.96. The molecule has 0 aromatic heterocycles. The number of rotatable bonds is 21. The van der Waals surface area contributed by atoms with Crippen molar-refractivity contribution in [1.82, 2.24) is 10.6 Å². The van der Waals surface area contributed by atoms with Crippen LogP contribution in [0.5, 0.6) is 0 Å². The molecule has 0 radical (unpaired) electrons. The summed E-state index contributed by atoms with van der Waals surface area (Å²) in [6, 6.07) is 0. The number of aldehydes is 2. The predicted molar refractivity (Wildman–Crippen MR) is 245 cm³/mol. The van der Waals surface area contributed by atoms with Gasteiger partial charge in [-0.2, -0.15) is 0 Å². The topological polar surface area (TPSA) is 179 Å². The number of allylic oxidation sites excluding steroid dienone is 6. The quantitative estimate of drug-likeness (QED) is 0.0497. The lowest BCUT2D eigenvalue weighted by molar-refractivity contribution is -0.148. The maximum Gasteiger partial charge on any atom is 0.333 e. The van der Waals surface area contributed by atoms with Gasteiger partial charge in [0.05, 0.1) is 11.8 Å². The number of carbonyl (C=O) groups is 8. The molecule has 10 atom stereocenters. The molecule has 350 valence electrons. The molecule has 2 fully saturated rings. The third-order valence-corrected chi connectivity index (χ3v) is 14.3. The summed E-state index contributed by atoms with van der Waals surface area (Å²) in [6.45, 7) is 23.3. The summed E-state index contributed by atoms with van der Waals surface area (Å²) >= 11 is 0. The standard InChI is InChI=1S/C52H72N2O10/c1-11-13-15-31(3)23-33(5)49(61)63-45-19-17-39(51(9)27-37(35(7)29-55)43(57)25-41(45)51)47(59)53-21-22-54-48(60)40-18-20-46(64-50(62)34(6)24-32(4)16-14-12-2)42-26-44(58)38(36(8)30-56)28-52(40,42)10/h23-26,29-32,37-40,45-46H,7-8,11-22,27-28H2,1-6,9-10H3,(H,53,59)(H,54,60)/b33-23-,34-24-/t31?,32?,37-,38-,39+,40+,45+,46+,51+,52+/m0/s1. The van der Waals surface area contributed by atoms with Gasteiger partial charge in [0.25, 0.3) is 0 Å². The number of ketones is 2. The first-order valence-electron chi connectivity index (χ1n) is 23.4. The molecule has 0 aromatic carbocycles. The number of amides is 2. The van der Waals surface area contributed by atoms with E-state index in [0.29, 0.717) is 60.5 Å². The van der Waals surface area contributed by atoms with Crippen molar-refractivity contribution in [2.24, 2.45) is 46.3 Å². The van der Waals surface area contributed by atoms with E-state index in [0.717, 1.165) is 38.5 Å². The van der Waals surface area contributed by atoms with Gasteiger partial charge in [-0.15, -0.1) is 0 Å². The van der Waals surface area contributed by atoms with Gasteiger partial charge in [-0.25, -0.2) is 9.59 Å². The first-order chi connectivity index (χ1) is 30.2. The Kier molecular flexibility index (Phi) is 18.4. The van der Waals surface area contributed by atoms with Gasteiger partial charge in [0.1, 0.15) is 24.8 Å². The average Bonchev–Trinajstić information content (AvgIpc) is 3.25. The molecule has 2 amide bonds. The number of hydrogen-bond acceptors (Lipinski definition) is 10. The molecule has 4 aliphatic rings. The van der Waals surface area contributed by atoms with Crippen LogP contribution >= 0.6 is 0 Å². The van der Waals surface area contributed by atoms with Gasteiger partial charge in [0, 0.05) is 46.9 Å². The van der Waals surface area contributed by atoms with E-state index in [1.807, 2.05) is 26.0 Å². The summed E-state index contributed by atoms with van der Waals surface area (Å²) in [5.41, 5.74) is 0.375. The molecule has 0 bridgehead atoms. The summed E-state index contributed by atoms with van der Waals surface area (Å²) in [5.74, 6) is -4.76. The smallest absolute Gasteiger partial charge is 0.333 e. The fourth-order valence-corrected chi connectivity index (χ4v) is 10.5. The molecule has 2 N–H and O–H groups in total. The Labute approximate surface area is 380 Å². The molecule has 12 heteroatoms. The Balaban J connectivity index is 1.47. The van der Waals surface area contributed by atoms with Crippen LogP contribution in [-0.4, -0.2) is 73.2 Å². The van der Waals surface area contributed by atoms with Crippen molar-refractivity contribution >= 4 is 47.9 Å². The normalized spacial score (nSPS) is 29.1. The zero-order valence-electron chi connectivity index (χ0n) is 39.5. The van der Waals surface area contributed by atoms with Gasteiger partial charge in [0.15, 0.2) is 11.6 Å². The molecule has 2 unspecified atom stereocenters. The van der Waals surface area contributed by atoms with Crippen molar-refractivity contribution in [1.29, 1.82) is 0 Å². The summed E-state index contributed by atoms with van der Waals surface area (Å²) in [6.07, 6.45) is 14.0. The largest absolute Gasteiger partial charge is 0.454 e. The summed E-state index contributed by atoms with van der Waals surface area (Å²) in [5, 5.41) is 5.94. The lowest BCUT2D eigenvalue weighted by atomic mass is 9.56. The van der Waals surface area contributed by atoms with Gasteiger partial charge in [-0.05, 0) is 111 Å². The number of unbranched alkanes of at least 4 members (excludes halogenated alkanes) is 2. The van der Waals surface area contributed by atoms with Crippen molar-refractivity contribution in [3.63, 3.8) is 0 Å². The van der Waals surface area contributed by atoms with Gasteiger partial charge in [-0.1, -0.05) is 92.5 Å². The van der Waals surface area contributed by atoms with Crippen molar-refractivity contribution in [2.75, 3.05) is 13.1 Å². The molecule has 0 heterocycles. The highest BCUT2D eigenvalue weighted by molar-refractivity contribution is 6.01. The lowest BCUT2D eigenvalue weighted by Crippen LogP contribution is -2.53. The third-order valence-electron chi connectivity index (χ3n) is 14.3. The molecule has 4 aliphatic carbocycles. The number of carbonyl (C=O) groups excluding carboxylic acids is 8. The molecular formula is C52H72N2O10. The Morgan fingerprint density at radius 3 is 1.38 bits per heavy atom. The third kappa shape index (κ3) is 12.0. The number of esters is 2. The Hall–Kier alpha value is -5.00. The van der Waals surface area contributed by atoms with E-state index >= 15 is 0 Å². The van der Waals surface area contributed by atoms with Gasteiger partial charge >= 0.3 is 11.9 Å². The van der Waals surface area contributed by atoms with Crippen molar-refractivity contribution in [3.05, 3.63) is 70.9 Å². The molecule has 12 nitrogen and oxygen atoms in total. The first kappa shape index (κ1) is 51.6. The fraction of sp³-hybridized carbons (Fsp3) is 0.615. The van der Waals surface area contributed by atoms with E-state index in [-0.39, 0.29) is 72.3 Å². The van der Waals surface area contributed by atoms with Crippen LogP contribution in [0.4, 0.5) is 0 Å². The zero-order chi connectivity index (χ0) is 47.5. The van der Waals surface area contributed by atoms with Gasteiger partial charge in [-0.3, -0.25) is 28.8 Å². The SMILES string of the molecule is C=C(C=O)[C@@H]1C[C@@]2(C)C(=CC1=O)[C@H](OC(=O)/C(C)=C\C(C)CCCC)CC[C@@H]2C(=O)NCCNC(=O)[C@H]1CC[C@@H](OC(=O)/C(C)=C\C(C)CCCC)C2=CC(=O)[C@H](C(=C)C=O)C[C@@]21C. The Morgan fingerprint density at radius 2 is 1.05 bits per heavy atom. The summed E-state index contributed by atoms with van der Waals surface area (Å²) < 4.78 is 12.1. The van der Waals surface area contributed by atoms with Crippen LogP contribution in [0.3, 0.4) is 0 Å². The minimum absolute atomic E-state index is 0.0793. The van der Waals surface area contributed by atoms with Crippen LogP contribution in [0.2, 0.25) is 0 Å². The van der Waals surface area contributed by atoms with Crippen LogP contribution in [0.1, 0.15) is 132 Å².